The Morgan fingerprint density at radius 3 is 1.00 bits per heavy atom. The van der Waals surface area contributed by atoms with Gasteiger partial charge < -0.3 is 9.59 Å². The smallest absolute Gasteiger partial charge is 0.391 e. The van der Waals surface area contributed by atoms with Crippen LogP contribution >= 0.6 is 0 Å². The zero-order valence-corrected chi connectivity index (χ0v) is 13.8. The minimum absolute atomic E-state index is 0.281. The molecule has 0 amide bonds. The highest BCUT2D eigenvalue weighted by Crippen LogP contribution is 2.19. The lowest BCUT2D eigenvalue weighted by atomic mass is 10.5. The molecule has 0 aliphatic heterocycles. The molecule has 5 N–H and O–H groups in total. The van der Waals surface area contributed by atoms with E-state index in [9.17, 15) is 43.2 Å². The van der Waals surface area contributed by atoms with Crippen molar-refractivity contribution in [2.75, 3.05) is 34.3 Å². The molecule has 0 aromatic rings. The second kappa shape index (κ2) is 8.97. The van der Waals surface area contributed by atoms with Crippen LogP contribution in [-0.4, -0.2) is 71.7 Å². The third-order valence-electron chi connectivity index (χ3n) is 1.42. The van der Waals surface area contributed by atoms with Crippen molar-refractivity contribution in [3.8, 4) is 0 Å². The Labute approximate surface area is 129 Å². The molecule has 8 nitrogen and oxygen atoms in total. The predicted octanol–water partition coefficient (Wildman–Crippen LogP) is -0.726. The summed E-state index contributed by atoms with van der Waals surface area (Å²) in [5, 5.41) is 15.7. The van der Waals surface area contributed by atoms with Crippen molar-refractivity contribution in [3.63, 3.8) is 0 Å². The van der Waals surface area contributed by atoms with Crippen LogP contribution in [0.2, 0.25) is 0 Å². The minimum atomic E-state index is -5.34. The molecule has 0 saturated carbocycles. The Morgan fingerprint density at radius 2 is 1.00 bits per heavy atom. The Morgan fingerprint density at radius 1 is 0.826 bits per heavy atom. The van der Waals surface area contributed by atoms with E-state index in [2.05, 4.69) is 31.4 Å². The number of nitrogens with two attached hydrogens (primary N) is 2. The molecule has 0 saturated heterocycles. The molecule has 0 fully saturated rings. The van der Waals surface area contributed by atoms with Crippen LogP contribution in [-0.2, 0) is 20.0 Å². The molecule has 0 aliphatic rings. The van der Waals surface area contributed by atoms with Gasteiger partial charge in [-0.2, -0.15) is 26.3 Å². The molecule has 0 aromatic carbocycles. The van der Waals surface area contributed by atoms with Crippen LogP contribution in [0.25, 0.3) is 0 Å². The fourth-order valence-electron chi connectivity index (χ4n) is 0.300. The molecule has 0 unspecified atom stereocenters. The number of quaternary nitrogens is 1. The average Bonchev–Trinajstić information content (AvgIpc) is 2.09. The van der Waals surface area contributed by atoms with Crippen molar-refractivity contribution in [1.29, 1.82) is 0 Å². The molecular weight excluding hydrogens is 384 g/mol. The van der Waals surface area contributed by atoms with Crippen molar-refractivity contribution in [3.05, 3.63) is 0 Å². The summed E-state index contributed by atoms with van der Waals surface area (Å²) < 4.78 is 103. The Hall–Kier alpha value is -0.680. The summed E-state index contributed by atoms with van der Waals surface area (Å²) in [6.45, 7) is 1.11. The van der Waals surface area contributed by atoms with Crippen LogP contribution in [0.1, 0.15) is 0 Å². The number of nitrogens with zero attached hydrogens (tertiary/aromatic N) is 1. The van der Waals surface area contributed by atoms with Crippen LogP contribution in [0.3, 0.4) is 0 Å². The van der Waals surface area contributed by atoms with Gasteiger partial charge in [0.25, 0.3) is 0 Å². The summed E-state index contributed by atoms with van der Waals surface area (Å²) in [4.78, 5) is 0. The van der Waals surface area contributed by atoms with E-state index in [1.54, 1.807) is 0 Å². The number of rotatable bonds is 2. The first-order valence-corrected chi connectivity index (χ1v) is 8.25. The van der Waals surface area contributed by atoms with Gasteiger partial charge in [0.15, 0.2) is 0 Å². The molecule has 0 bridgehead atoms. The largest absolute Gasteiger partial charge is 0.511 e. The molecule has 0 aliphatic carbocycles. The summed E-state index contributed by atoms with van der Waals surface area (Å²) in [6, 6.07) is 0. The van der Waals surface area contributed by atoms with E-state index < -0.39 is 31.1 Å². The molecule has 0 radical (unpaired) electrons. The van der Waals surface area contributed by atoms with E-state index in [1.807, 2.05) is 0 Å². The number of likely N-dealkylation sites (N-methyl/N-ethyl adjacent to an activating group) is 1. The van der Waals surface area contributed by atoms with E-state index in [-0.39, 0.29) is 6.61 Å². The molecular formula is C7H18F6N3O5S2+. The van der Waals surface area contributed by atoms with E-state index in [0.29, 0.717) is 0 Å². The first-order chi connectivity index (χ1) is 9.56. The van der Waals surface area contributed by atoms with Crippen LogP contribution in [0.5, 0.6) is 0 Å². The topological polar surface area (TPSA) is 141 Å². The minimum Gasteiger partial charge on any atom is -0.391 e. The number of aliphatic hydroxyl groups excluding tert-OH is 1. The quantitative estimate of drug-likeness (QED) is 0.413. The highest BCUT2D eigenvalue weighted by atomic mass is 32.2. The highest BCUT2D eigenvalue weighted by molar-refractivity contribution is 7.90. The molecule has 0 heterocycles. The first kappa shape index (κ1) is 27.2. The summed E-state index contributed by atoms with van der Waals surface area (Å²) in [6.07, 6.45) is 0. The summed E-state index contributed by atoms with van der Waals surface area (Å²) in [7, 11) is -4.53. The number of aliphatic hydroxyl groups is 1. The van der Waals surface area contributed by atoms with Crippen LogP contribution in [0.15, 0.2) is 0 Å². The number of hydrogen-bond donors (Lipinski definition) is 3. The van der Waals surface area contributed by atoms with Gasteiger partial charge in [0.1, 0.15) is 6.54 Å². The monoisotopic (exact) mass is 402 g/mol. The maximum atomic E-state index is 10.8. The second-order valence-corrected chi connectivity index (χ2v) is 7.82. The highest BCUT2D eigenvalue weighted by Gasteiger charge is 2.43. The van der Waals surface area contributed by atoms with Gasteiger partial charge in [-0.25, -0.2) is 27.1 Å². The normalized spacial score (nSPS) is 13.4. The van der Waals surface area contributed by atoms with E-state index in [1.165, 1.54) is 0 Å². The van der Waals surface area contributed by atoms with E-state index in [0.717, 1.165) is 11.0 Å². The lowest BCUT2D eigenvalue weighted by Gasteiger charge is -2.21. The van der Waals surface area contributed by atoms with Gasteiger partial charge in [0, 0.05) is 0 Å². The van der Waals surface area contributed by atoms with Crippen molar-refractivity contribution in [2.45, 2.75) is 11.0 Å². The van der Waals surface area contributed by atoms with Crippen LogP contribution in [0.4, 0.5) is 26.3 Å². The summed E-state index contributed by atoms with van der Waals surface area (Å²) in [5.41, 5.74) is -10.6. The number of halogens is 6. The third kappa shape index (κ3) is 17.5. The molecule has 144 valence electrons. The number of sulfonamides is 2. The molecule has 16 heteroatoms. The van der Waals surface area contributed by atoms with Crippen molar-refractivity contribution in [2.24, 2.45) is 10.3 Å². The maximum absolute atomic E-state index is 10.8. The number of primary sulfonamides is 2. The van der Waals surface area contributed by atoms with Crippen molar-refractivity contribution < 1.29 is 52.8 Å². The average molecular weight is 402 g/mol. The SMILES string of the molecule is C[N+](C)(C)CCO.NS(=O)(=O)C(F)(F)F.NS(=O)(=O)C(F)(F)F. The van der Waals surface area contributed by atoms with Gasteiger partial charge in [0.05, 0.1) is 27.7 Å². The summed E-state index contributed by atoms with van der Waals surface area (Å²) in [5.74, 6) is 0. The fraction of sp³-hybridized carbons (Fsp3) is 1.00. The van der Waals surface area contributed by atoms with Crippen molar-refractivity contribution >= 4 is 20.0 Å². The fourth-order valence-corrected chi connectivity index (χ4v) is 0.300. The third-order valence-corrected chi connectivity index (χ3v) is 2.71. The Bertz CT molecular complexity index is 492. The van der Waals surface area contributed by atoms with Crippen LogP contribution < -0.4 is 10.3 Å². The maximum Gasteiger partial charge on any atom is 0.511 e. The Balaban J connectivity index is -0.000000262. The lowest BCUT2D eigenvalue weighted by Crippen LogP contribution is -2.36. The molecule has 0 spiro atoms. The van der Waals surface area contributed by atoms with Crippen LogP contribution in [0, 0.1) is 0 Å². The molecule has 0 rings (SSSR count). The zero-order valence-electron chi connectivity index (χ0n) is 12.2. The van der Waals surface area contributed by atoms with Gasteiger partial charge >= 0.3 is 31.1 Å². The van der Waals surface area contributed by atoms with Gasteiger partial charge in [-0.3, -0.25) is 0 Å². The van der Waals surface area contributed by atoms with Gasteiger partial charge in [-0.1, -0.05) is 0 Å². The van der Waals surface area contributed by atoms with Gasteiger partial charge in [-0.05, 0) is 0 Å². The molecule has 0 aromatic heterocycles. The predicted molar refractivity (Wildman–Crippen MR) is 68.3 cm³/mol. The van der Waals surface area contributed by atoms with E-state index in [4.69, 9.17) is 5.11 Å². The second-order valence-electron chi connectivity index (χ2n) is 4.72. The van der Waals surface area contributed by atoms with E-state index >= 15 is 0 Å². The van der Waals surface area contributed by atoms with Gasteiger partial charge in [-0.15, -0.1) is 0 Å². The number of alkyl halides is 6. The summed E-state index contributed by atoms with van der Waals surface area (Å²) >= 11 is 0. The van der Waals surface area contributed by atoms with Gasteiger partial charge in [0.2, 0.25) is 0 Å². The Kier molecular flexibility index (Phi) is 10.6. The standard InChI is InChI=1S/C5H14NO.2CH2F3NO2S/c1-6(2,3)4-5-7;2*2-1(3,4)8(5,6)7/h7H,4-5H2,1-3H3;2*(H2,5,6,7)/q+1;;. The number of hydrogen-bond acceptors (Lipinski definition) is 5. The first-order valence-electron chi connectivity index (χ1n) is 5.15. The molecule has 0 atom stereocenters. The molecule has 23 heavy (non-hydrogen) atoms. The zero-order chi connectivity index (χ0) is 19.9. The van der Waals surface area contributed by atoms with Crippen molar-refractivity contribution in [1.82, 2.24) is 0 Å². The lowest BCUT2D eigenvalue weighted by molar-refractivity contribution is -0.870.